The molecule has 31 heavy (non-hydrogen) atoms. The Labute approximate surface area is 181 Å². The third kappa shape index (κ3) is 4.30. The van der Waals surface area contributed by atoms with Crippen LogP contribution in [0.3, 0.4) is 0 Å². The van der Waals surface area contributed by atoms with E-state index in [0.29, 0.717) is 36.5 Å². The van der Waals surface area contributed by atoms with Crippen LogP contribution in [0.2, 0.25) is 0 Å². The van der Waals surface area contributed by atoms with E-state index in [9.17, 15) is 9.59 Å². The molecule has 1 aliphatic rings. The number of carbonyl (C=O) groups excluding carboxylic acids is 1. The Kier molecular flexibility index (Phi) is 5.75. The lowest BCUT2D eigenvalue weighted by atomic mass is 9.92. The summed E-state index contributed by atoms with van der Waals surface area (Å²) >= 11 is 0. The normalized spacial score (nSPS) is 15.9. The van der Waals surface area contributed by atoms with Crippen LogP contribution in [0, 0.1) is 12.8 Å². The van der Waals surface area contributed by atoms with Crippen molar-refractivity contribution in [3.63, 3.8) is 0 Å². The number of hydrogen-bond donors (Lipinski definition) is 1. The number of imidazole rings is 1. The third-order valence-corrected chi connectivity index (χ3v) is 6.06. The van der Waals surface area contributed by atoms with E-state index >= 15 is 0 Å². The maximum Gasteiger partial charge on any atom is 0.259 e. The molecule has 3 aromatic heterocycles. The smallest absolute Gasteiger partial charge is 0.259 e. The molecule has 3 aromatic rings. The van der Waals surface area contributed by atoms with Gasteiger partial charge >= 0.3 is 0 Å². The number of hydrogen-bond acceptors (Lipinski definition) is 6. The number of nitrogens with zero attached hydrogens (tertiary/aromatic N) is 6. The van der Waals surface area contributed by atoms with Crippen LogP contribution in [0.4, 0.5) is 5.95 Å². The van der Waals surface area contributed by atoms with Crippen molar-refractivity contribution in [2.45, 2.75) is 39.2 Å². The average molecular weight is 424 g/mol. The van der Waals surface area contributed by atoms with E-state index in [1.807, 2.05) is 54.6 Å². The fourth-order valence-corrected chi connectivity index (χ4v) is 4.18. The van der Waals surface area contributed by atoms with Gasteiger partial charge in [-0.2, -0.15) is 0 Å². The van der Waals surface area contributed by atoms with Crippen molar-refractivity contribution < 1.29 is 4.79 Å². The van der Waals surface area contributed by atoms with Gasteiger partial charge in [-0.3, -0.25) is 9.59 Å². The average Bonchev–Trinajstić information content (AvgIpc) is 3.17. The van der Waals surface area contributed by atoms with E-state index in [0.717, 1.165) is 24.4 Å². The molecule has 0 spiro atoms. The lowest BCUT2D eigenvalue weighted by Crippen LogP contribution is -2.42. The molecule has 1 fully saturated rings. The van der Waals surface area contributed by atoms with E-state index in [1.165, 1.54) is 0 Å². The summed E-state index contributed by atoms with van der Waals surface area (Å²) in [6.45, 7) is 5.92. The number of aromatic nitrogens is 5. The molecule has 9 nitrogen and oxygen atoms in total. The number of amides is 1. The molecular weight excluding hydrogens is 394 g/mol. The van der Waals surface area contributed by atoms with Crippen LogP contribution in [0.1, 0.15) is 37.2 Å². The van der Waals surface area contributed by atoms with Crippen LogP contribution >= 0.6 is 0 Å². The minimum atomic E-state index is -0.166. The van der Waals surface area contributed by atoms with Crippen molar-refractivity contribution in [2.75, 3.05) is 32.1 Å². The molecule has 9 heteroatoms. The standard InChI is InChI=1S/C22H29N7O2/c1-14(13-29-10-7-23-15(29)2)21(31)28-8-5-16(6-9-28)18-11-19-17(20(30)25-18)12-24-22(26-19)27(3)4/h7,10-12,14,16H,5-6,8-9,13H2,1-4H3,(H,25,30)/t14-/m0/s1. The highest BCUT2D eigenvalue weighted by Crippen LogP contribution is 2.28. The van der Waals surface area contributed by atoms with Crippen LogP contribution in [0.25, 0.3) is 10.9 Å². The number of carbonyl (C=O) groups is 1. The van der Waals surface area contributed by atoms with E-state index in [4.69, 9.17) is 0 Å². The number of aromatic amines is 1. The molecule has 0 saturated carbocycles. The monoisotopic (exact) mass is 423 g/mol. The molecular formula is C22H29N7O2. The van der Waals surface area contributed by atoms with E-state index in [-0.39, 0.29) is 23.3 Å². The second-order valence-corrected chi connectivity index (χ2v) is 8.54. The number of aryl methyl sites for hydroxylation is 1. The van der Waals surface area contributed by atoms with Crippen molar-refractivity contribution in [2.24, 2.45) is 5.92 Å². The Morgan fingerprint density at radius 3 is 2.68 bits per heavy atom. The molecule has 1 saturated heterocycles. The summed E-state index contributed by atoms with van der Waals surface area (Å²) < 4.78 is 2.01. The van der Waals surface area contributed by atoms with Gasteiger partial charge in [0, 0.05) is 63.9 Å². The van der Waals surface area contributed by atoms with Crippen LogP contribution in [-0.2, 0) is 11.3 Å². The van der Waals surface area contributed by atoms with Gasteiger partial charge in [-0.25, -0.2) is 15.0 Å². The van der Waals surface area contributed by atoms with E-state index in [2.05, 4.69) is 19.9 Å². The second kappa shape index (κ2) is 8.49. The first-order chi connectivity index (χ1) is 14.8. The number of piperidine rings is 1. The molecule has 4 rings (SSSR count). The predicted molar refractivity (Wildman–Crippen MR) is 119 cm³/mol. The summed E-state index contributed by atoms with van der Waals surface area (Å²) in [5.74, 6) is 1.75. The number of nitrogens with one attached hydrogen (secondary N) is 1. The van der Waals surface area contributed by atoms with Crippen LogP contribution in [0.5, 0.6) is 0 Å². The zero-order valence-corrected chi connectivity index (χ0v) is 18.5. The number of anilines is 1. The highest BCUT2D eigenvalue weighted by molar-refractivity contribution is 5.79. The molecule has 1 aliphatic heterocycles. The Morgan fingerprint density at radius 2 is 2.03 bits per heavy atom. The van der Waals surface area contributed by atoms with Crippen LogP contribution < -0.4 is 10.5 Å². The second-order valence-electron chi connectivity index (χ2n) is 8.54. The first kappa shape index (κ1) is 21.0. The van der Waals surface area contributed by atoms with Gasteiger partial charge in [-0.15, -0.1) is 0 Å². The Morgan fingerprint density at radius 1 is 1.29 bits per heavy atom. The molecule has 4 heterocycles. The highest BCUT2D eigenvalue weighted by atomic mass is 16.2. The zero-order chi connectivity index (χ0) is 22.1. The number of likely N-dealkylation sites (tertiary alicyclic amines) is 1. The van der Waals surface area contributed by atoms with Gasteiger partial charge in [0.2, 0.25) is 11.9 Å². The molecule has 1 atom stereocenters. The maximum atomic E-state index is 12.9. The highest BCUT2D eigenvalue weighted by Gasteiger charge is 2.28. The summed E-state index contributed by atoms with van der Waals surface area (Å²) in [5.41, 5.74) is 1.37. The largest absolute Gasteiger partial charge is 0.347 e. The van der Waals surface area contributed by atoms with Gasteiger partial charge in [0.05, 0.1) is 16.8 Å². The van der Waals surface area contributed by atoms with Crippen molar-refractivity contribution in [3.8, 4) is 0 Å². The quantitative estimate of drug-likeness (QED) is 0.673. The van der Waals surface area contributed by atoms with Gasteiger partial charge < -0.3 is 19.4 Å². The molecule has 0 aliphatic carbocycles. The molecule has 1 N–H and O–H groups in total. The minimum Gasteiger partial charge on any atom is -0.347 e. The lowest BCUT2D eigenvalue weighted by molar-refractivity contribution is -0.136. The van der Waals surface area contributed by atoms with E-state index in [1.54, 1.807) is 12.4 Å². The Bertz CT molecular complexity index is 1140. The fourth-order valence-electron chi connectivity index (χ4n) is 4.18. The van der Waals surface area contributed by atoms with Gasteiger partial charge in [0.15, 0.2) is 0 Å². The Hall–Kier alpha value is -3.23. The summed E-state index contributed by atoms with van der Waals surface area (Å²) in [5, 5.41) is 0.491. The predicted octanol–water partition coefficient (Wildman–Crippen LogP) is 1.93. The minimum absolute atomic E-state index is 0.105. The van der Waals surface area contributed by atoms with Gasteiger partial charge in [-0.1, -0.05) is 6.92 Å². The van der Waals surface area contributed by atoms with Gasteiger partial charge in [0.1, 0.15) is 5.82 Å². The summed E-state index contributed by atoms with van der Waals surface area (Å²) in [7, 11) is 3.74. The molecule has 164 valence electrons. The lowest BCUT2D eigenvalue weighted by Gasteiger charge is -2.33. The zero-order valence-electron chi connectivity index (χ0n) is 18.5. The molecule has 0 radical (unpaired) electrons. The first-order valence-corrected chi connectivity index (χ1v) is 10.7. The van der Waals surface area contributed by atoms with Gasteiger partial charge in [-0.05, 0) is 25.8 Å². The summed E-state index contributed by atoms with van der Waals surface area (Å²) in [4.78, 5) is 45.2. The van der Waals surface area contributed by atoms with Crippen molar-refractivity contribution in [1.29, 1.82) is 0 Å². The summed E-state index contributed by atoms with van der Waals surface area (Å²) in [6, 6.07) is 1.96. The van der Waals surface area contributed by atoms with Crippen LogP contribution in [0.15, 0.2) is 29.5 Å². The van der Waals surface area contributed by atoms with Crippen molar-refractivity contribution in [1.82, 2.24) is 29.4 Å². The molecule has 0 bridgehead atoms. The summed E-state index contributed by atoms with van der Waals surface area (Å²) in [6.07, 6.45) is 6.87. The van der Waals surface area contributed by atoms with Crippen molar-refractivity contribution in [3.05, 3.63) is 46.5 Å². The number of H-pyrrole nitrogens is 1. The van der Waals surface area contributed by atoms with Crippen molar-refractivity contribution >= 4 is 22.8 Å². The number of rotatable bonds is 5. The van der Waals surface area contributed by atoms with E-state index < -0.39 is 0 Å². The number of pyridine rings is 1. The third-order valence-electron chi connectivity index (χ3n) is 6.06. The molecule has 1 amide bonds. The molecule has 0 unspecified atom stereocenters. The maximum absolute atomic E-state index is 12.9. The Balaban J connectivity index is 1.44. The van der Waals surface area contributed by atoms with Crippen LogP contribution in [-0.4, -0.2) is 62.5 Å². The SMILES string of the molecule is Cc1nccn1C[C@H](C)C(=O)N1CCC(c2cc3nc(N(C)C)ncc3c(=O)[nH]2)CC1. The topological polar surface area (TPSA) is 100 Å². The van der Waals surface area contributed by atoms with Gasteiger partial charge in [0.25, 0.3) is 5.56 Å². The number of fused-ring (bicyclic) bond motifs is 1. The molecule has 0 aromatic carbocycles. The first-order valence-electron chi connectivity index (χ1n) is 10.7. The fraction of sp³-hybridized carbons (Fsp3) is 0.500.